The van der Waals surface area contributed by atoms with Crippen LogP contribution in [-0.4, -0.2) is 25.3 Å². The Balaban J connectivity index is 1.89. The smallest absolute Gasteiger partial charge is 0.214 e. The summed E-state index contributed by atoms with van der Waals surface area (Å²) in [6.45, 7) is 1.77. The molecule has 1 fully saturated rings. The van der Waals surface area contributed by atoms with Crippen molar-refractivity contribution in [2.45, 2.75) is 42.0 Å². The van der Waals surface area contributed by atoms with Crippen LogP contribution in [0.1, 0.15) is 37.5 Å². The molecule has 1 aliphatic rings. The Labute approximate surface area is 109 Å². The molecule has 1 N–H and O–H groups in total. The van der Waals surface area contributed by atoms with Crippen LogP contribution in [-0.2, 0) is 0 Å². The summed E-state index contributed by atoms with van der Waals surface area (Å²) in [7, 11) is 0. The van der Waals surface area contributed by atoms with Crippen molar-refractivity contribution in [1.29, 1.82) is 0 Å². The molecule has 0 bridgehead atoms. The Morgan fingerprint density at radius 1 is 1.39 bits per heavy atom. The highest BCUT2D eigenvalue weighted by Crippen LogP contribution is 2.39. The zero-order valence-corrected chi connectivity index (χ0v) is 10.8. The second-order valence-corrected chi connectivity index (χ2v) is 5.46. The molecule has 1 aromatic heterocycles. The van der Waals surface area contributed by atoms with Gasteiger partial charge in [-0.3, -0.25) is 0 Å². The highest BCUT2D eigenvalue weighted by molar-refractivity contribution is 7.99. The summed E-state index contributed by atoms with van der Waals surface area (Å²) in [5, 5.41) is 22.4. The number of hydrogen-bond donors (Lipinski definition) is 1. The maximum atomic E-state index is 9.75. The Morgan fingerprint density at radius 2 is 2.17 bits per heavy atom. The Morgan fingerprint density at radius 3 is 2.89 bits per heavy atom. The highest BCUT2D eigenvalue weighted by atomic mass is 32.2. The fourth-order valence-corrected chi connectivity index (χ4v) is 2.87. The highest BCUT2D eigenvalue weighted by Gasteiger charge is 2.28. The minimum absolute atomic E-state index is 0.459. The molecule has 1 aromatic carbocycles. The largest absolute Gasteiger partial charge is 0.389 e. The van der Waals surface area contributed by atoms with E-state index in [1.165, 1.54) is 11.8 Å². The van der Waals surface area contributed by atoms with Crippen molar-refractivity contribution in [3.05, 3.63) is 29.8 Å². The van der Waals surface area contributed by atoms with Crippen molar-refractivity contribution >= 4 is 11.8 Å². The van der Waals surface area contributed by atoms with Gasteiger partial charge >= 0.3 is 0 Å². The normalized spacial score (nSPS) is 16.8. The quantitative estimate of drug-likeness (QED) is 0.915. The number of benzene rings is 1. The molecule has 1 atom stereocenters. The Bertz CT molecular complexity index is 551. The van der Waals surface area contributed by atoms with Gasteiger partial charge in [0.1, 0.15) is 0 Å². The zero-order valence-electron chi connectivity index (χ0n) is 10.0. The first-order valence-electron chi connectivity index (χ1n) is 5.98. The van der Waals surface area contributed by atoms with Crippen LogP contribution in [0, 0.1) is 0 Å². The maximum Gasteiger partial charge on any atom is 0.214 e. The number of aromatic nitrogens is 4. The summed E-state index contributed by atoms with van der Waals surface area (Å²) in [6.07, 6.45) is 1.81. The molecule has 0 saturated heterocycles. The van der Waals surface area contributed by atoms with E-state index in [2.05, 4.69) is 15.5 Å². The van der Waals surface area contributed by atoms with Crippen LogP contribution in [0.4, 0.5) is 0 Å². The number of nitrogens with zero attached hydrogens (tertiary/aromatic N) is 4. The monoisotopic (exact) mass is 262 g/mol. The lowest BCUT2D eigenvalue weighted by Crippen LogP contribution is -1.99. The predicted molar refractivity (Wildman–Crippen MR) is 67.3 cm³/mol. The predicted octanol–water partition coefficient (Wildman–Crippen LogP) is 2.21. The van der Waals surface area contributed by atoms with Gasteiger partial charge in [-0.05, 0) is 53.6 Å². The van der Waals surface area contributed by atoms with Gasteiger partial charge in [0.15, 0.2) is 0 Å². The second-order valence-electron chi connectivity index (χ2n) is 4.45. The van der Waals surface area contributed by atoms with Crippen LogP contribution >= 0.6 is 11.8 Å². The lowest BCUT2D eigenvalue weighted by Gasteiger charge is -2.10. The van der Waals surface area contributed by atoms with Crippen LogP contribution in [0.25, 0.3) is 0 Å². The first-order valence-corrected chi connectivity index (χ1v) is 6.80. The van der Waals surface area contributed by atoms with Crippen molar-refractivity contribution in [2.75, 3.05) is 0 Å². The average Bonchev–Trinajstić information content (AvgIpc) is 3.11. The minimum Gasteiger partial charge on any atom is -0.389 e. The molecular formula is C12H14N4OS. The molecule has 1 saturated carbocycles. The molecule has 18 heavy (non-hydrogen) atoms. The number of hydrogen-bond acceptors (Lipinski definition) is 5. The van der Waals surface area contributed by atoms with Crippen LogP contribution in [0.15, 0.2) is 34.3 Å². The molecule has 94 valence electrons. The van der Waals surface area contributed by atoms with E-state index in [0.717, 1.165) is 28.5 Å². The topological polar surface area (TPSA) is 63.8 Å². The van der Waals surface area contributed by atoms with E-state index < -0.39 is 6.10 Å². The summed E-state index contributed by atoms with van der Waals surface area (Å²) in [4.78, 5) is 1.00. The first-order chi connectivity index (χ1) is 8.75. The van der Waals surface area contributed by atoms with E-state index >= 15 is 0 Å². The first kappa shape index (κ1) is 11.7. The lowest BCUT2D eigenvalue weighted by atomic mass is 10.1. The van der Waals surface area contributed by atoms with Gasteiger partial charge in [-0.15, -0.1) is 5.10 Å². The van der Waals surface area contributed by atoms with Crippen LogP contribution in [0.3, 0.4) is 0 Å². The van der Waals surface area contributed by atoms with Gasteiger partial charge < -0.3 is 5.11 Å². The number of aliphatic hydroxyl groups excluding tert-OH is 1. The van der Waals surface area contributed by atoms with Crippen molar-refractivity contribution in [3.8, 4) is 0 Å². The molecule has 3 rings (SSSR count). The van der Waals surface area contributed by atoms with Crippen molar-refractivity contribution in [3.63, 3.8) is 0 Å². The Hall–Kier alpha value is -1.40. The summed E-state index contributed by atoms with van der Waals surface area (Å²) < 4.78 is 1.88. The molecule has 0 amide bonds. The van der Waals surface area contributed by atoms with Gasteiger partial charge in [-0.1, -0.05) is 18.2 Å². The van der Waals surface area contributed by atoms with Gasteiger partial charge in [-0.2, -0.15) is 0 Å². The fourth-order valence-electron chi connectivity index (χ4n) is 1.82. The summed E-state index contributed by atoms with van der Waals surface area (Å²) in [5.41, 5.74) is 0.910. The third-order valence-corrected chi connectivity index (χ3v) is 3.97. The fraction of sp³-hybridized carbons (Fsp3) is 0.417. The van der Waals surface area contributed by atoms with Gasteiger partial charge in [0.25, 0.3) is 0 Å². The summed E-state index contributed by atoms with van der Waals surface area (Å²) in [6, 6.07) is 8.26. The van der Waals surface area contributed by atoms with E-state index in [1.807, 2.05) is 28.9 Å². The van der Waals surface area contributed by atoms with Crippen LogP contribution in [0.2, 0.25) is 0 Å². The third kappa shape index (κ3) is 2.26. The third-order valence-electron chi connectivity index (χ3n) is 2.93. The Kier molecular flexibility index (Phi) is 3.05. The molecule has 1 aliphatic carbocycles. The van der Waals surface area contributed by atoms with Crippen molar-refractivity contribution in [2.24, 2.45) is 0 Å². The standard InChI is InChI=1S/C12H14N4OS/c1-8(17)10-4-2-3-5-11(10)18-12-13-14-15-16(12)9-6-7-9/h2-5,8-9,17H,6-7H2,1H3/t8-/m1/s1. The van der Waals surface area contributed by atoms with Crippen molar-refractivity contribution < 1.29 is 5.11 Å². The molecule has 0 spiro atoms. The van der Waals surface area contributed by atoms with E-state index in [1.54, 1.807) is 6.92 Å². The molecule has 1 heterocycles. The summed E-state index contributed by atoms with van der Waals surface area (Å²) in [5.74, 6) is 0. The van der Waals surface area contributed by atoms with Crippen LogP contribution in [0.5, 0.6) is 0 Å². The van der Waals surface area contributed by atoms with E-state index in [0.29, 0.717) is 6.04 Å². The van der Waals surface area contributed by atoms with E-state index in [-0.39, 0.29) is 0 Å². The molecule has 0 radical (unpaired) electrons. The van der Waals surface area contributed by atoms with E-state index in [9.17, 15) is 5.11 Å². The molecular weight excluding hydrogens is 248 g/mol. The molecule has 0 aliphatic heterocycles. The van der Waals surface area contributed by atoms with Gasteiger partial charge in [0.2, 0.25) is 5.16 Å². The van der Waals surface area contributed by atoms with Gasteiger partial charge in [0, 0.05) is 4.90 Å². The summed E-state index contributed by atoms with van der Waals surface area (Å²) >= 11 is 1.51. The lowest BCUT2D eigenvalue weighted by molar-refractivity contribution is 0.196. The molecule has 6 heteroatoms. The second kappa shape index (κ2) is 4.70. The van der Waals surface area contributed by atoms with Crippen LogP contribution < -0.4 is 0 Å². The van der Waals surface area contributed by atoms with Gasteiger partial charge in [-0.25, -0.2) is 4.68 Å². The molecule has 5 nitrogen and oxygen atoms in total. The van der Waals surface area contributed by atoms with Crippen molar-refractivity contribution in [1.82, 2.24) is 20.2 Å². The zero-order chi connectivity index (χ0) is 12.5. The molecule has 2 aromatic rings. The number of rotatable bonds is 4. The minimum atomic E-state index is -0.487. The number of tetrazole rings is 1. The molecule has 0 unspecified atom stereocenters. The average molecular weight is 262 g/mol. The van der Waals surface area contributed by atoms with Gasteiger partial charge in [0.05, 0.1) is 12.1 Å². The maximum absolute atomic E-state index is 9.75. The SMILES string of the molecule is C[C@@H](O)c1ccccc1Sc1nnnn1C1CC1. The number of aliphatic hydroxyl groups is 1. The van der Waals surface area contributed by atoms with E-state index in [4.69, 9.17) is 0 Å².